The van der Waals surface area contributed by atoms with Crippen molar-refractivity contribution < 1.29 is 5.11 Å². The van der Waals surface area contributed by atoms with E-state index in [1.165, 1.54) is 0 Å². The number of nitrogens with two attached hydrogens (primary N) is 1. The normalized spacial score (nSPS) is 12.6. The maximum absolute atomic E-state index is 9.52. The zero-order chi connectivity index (χ0) is 10.7. The van der Waals surface area contributed by atoms with Gasteiger partial charge in [0, 0.05) is 38.1 Å². The fraction of sp³-hybridized carbons (Fsp3) is 0.556. The molecule has 3 N–H and O–H groups in total. The van der Waals surface area contributed by atoms with Crippen molar-refractivity contribution in [3.05, 3.63) is 17.5 Å². The summed E-state index contributed by atoms with van der Waals surface area (Å²) in [5.41, 5.74) is 6.81. The fourth-order valence-corrected chi connectivity index (χ4v) is 1.13. The van der Waals surface area contributed by atoms with Crippen LogP contribution in [-0.2, 0) is 0 Å². The third-order valence-corrected chi connectivity index (χ3v) is 1.99. The highest BCUT2D eigenvalue weighted by atomic mass is 16.3. The van der Waals surface area contributed by atoms with Crippen molar-refractivity contribution in [2.24, 2.45) is 5.73 Å². The largest absolute Gasteiger partial charge is 0.387 e. The Morgan fingerprint density at radius 3 is 2.64 bits per heavy atom. The fourth-order valence-electron chi connectivity index (χ4n) is 1.13. The standard InChI is InChI=1S/C9H16N4O/c1-6-7(8(14)4-10)5-11-9(12-6)13(2)3/h5,8,14H,4,10H2,1-3H3. The van der Waals surface area contributed by atoms with Crippen molar-refractivity contribution in [3.63, 3.8) is 0 Å². The zero-order valence-electron chi connectivity index (χ0n) is 8.73. The lowest BCUT2D eigenvalue weighted by Crippen LogP contribution is -2.17. The number of rotatable bonds is 3. The Balaban J connectivity index is 3.01. The second kappa shape index (κ2) is 4.34. The Bertz CT molecular complexity index is 314. The van der Waals surface area contributed by atoms with Crippen LogP contribution in [0.3, 0.4) is 0 Å². The van der Waals surface area contributed by atoms with E-state index in [9.17, 15) is 5.11 Å². The third-order valence-electron chi connectivity index (χ3n) is 1.99. The summed E-state index contributed by atoms with van der Waals surface area (Å²) in [6.45, 7) is 2.02. The van der Waals surface area contributed by atoms with Gasteiger partial charge in [0.25, 0.3) is 0 Å². The van der Waals surface area contributed by atoms with Crippen molar-refractivity contribution in [2.75, 3.05) is 25.5 Å². The number of nitrogens with zero attached hydrogens (tertiary/aromatic N) is 3. The second-order valence-corrected chi connectivity index (χ2v) is 3.36. The smallest absolute Gasteiger partial charge is 0.224 e. The number of aliphatic hydroxyl groups excluding tert-OH is 1. The summed E-state index contributed by atoms with van der Waals surface area (Å²) >= 11 is 0. The highest BCUT2D eigenvalue weighted by Crippen LogP contribution is 2.15. The van der Waals surface area contributed by atoms with E-state index < -0.39 is 6.10 Å². The number of aliphatic hydroxyl groups is 1. The van der Waals surface area contributed by atoms with Crippen LogP contribution in [0, 0.1) is 6.92 Å². The van der Waals surface area contributed by atoms with Crippen LogP contribution in [0.5, 0.6) is 0 Å². The molecule has 14 heavy (non-hydrogen) atoms. The predicted octanol–water partition coefficient (Wildman–Crippen LogP) is -0.157. The first-order chi connectivity index (χ1) is 6.56. The summed E-state index contributed by atoms with van der Waals surface area (Å²) in [6.07, 6.45) is 0.945. The van der Waals surface area contributed by atoms with E-state index in [1.54, 1.807) is 6.20 Å². The van der Waals surface area contributed by atoms with Crippen molar-refractivity contribution in [1.29, 1.82) is 0 Å². The summed E-state index contributed by atoms with van der Waals surface area (Å²) in [7, 11) is 3.74. The quantitative estimate of drug-likeness (QED) is 0.702. The van der Waals surface area contributed by atoms with Gasteiger partial charge in [-0.05, 0) is 6.92 Å². The molecule has 0 bridgehead atoms. The van der Waals surface area contributed by atoms with Gasteiger partial charge in [-0.1, -0.05) is 0 Å². The van der Waals surface area contributed by atoms with Gasteiger partial charge in [-0.15, -0.1) is 0 Å². The highest BCUT2D eigenvalue weighted by Gasteiger charge is 2.11. The Labute approximate surface area is 83.6 Å². The molecule has 1 aromatic heterocycles. The summed E-state index contributed by atoms with van der Waals surface area (Å²) in [5, 5.41) is 9.52. The summed E-state index contributed by atoms with van der Waals surface area (Å²) in [6, 6.07) is 0. The second-order valence-electron chi connectivity index (χ2n) is 3.36. The molecule has 1 heterocycles. The molecule has 0 aromatic carbocycles. The third kappa shape index (κ3) is 2.18. The highest BCUT2D eigenvalue weighted by molar-refractivity contribution is 5.31. The van der Waals surface area contributed by atoms with E-state index in [2.05, 4.69) is 9.97 Å². The maximum Gasteiger partial charge on any atom is 0.224 e. The van der Waals surface area contributed by atoms with E-state index >= 15 is 0 Å². The summed E-state index contributed by atoms with van der Waals surface area (Å²) in [5.74, 6) is 0.635. The first-order valence-electron chi connectivity index (χ1n) is 4.45. The minimum Gasteiger partial charge on any atom is -0.387 e. The van der Waals surface area contributed by atoms with Crippen LogP contribution in [-0.4, -0.2) is 35.7 Å². The lowest BCUT2D eigenvalue weighted by atomic mass is 10.1. The monoisotopic (exact) mass is 196 g/mol. The van der Waals surface area contributed by atoms with E-state index in [0.29, 0.717) is 11.5 Å². The number of aromatic nitrogens is 2. The molecule has 5 heteroatoms. The molecule has 0 aliphatic heterocycles. The van der Waals surface area contributed by atoms with Gasteiger partial charge in [-0.25, -0.2) is 9.97 Å². The number of aryl methyl sites for hydroxylation is 1. The Morgan fingerprint density at radius 1 is 1.57 bits per heavy atom. The molecule has 0 fully saturated rings. The zero-order valence-corrected chi connectivity index (χ0v) is 8.73. The summed E-state index contributed by atoms with van der Waals surface area (Å²) in [4.78, 5) is 10.2. The SMILES string of the molecule is Cc1nc(N(C)C)ncc1C(O)CN. The molecule has 1 unspecified atom stereocenters. The van der Waals surface area contributed by atoms with Gasteiger partial charge in [-0.2, -0.15) is 0 Å². The van der Waals surface area contributed by atoms with Crippen LogP contribution in [0.2, 0.25) is 0 Å². The van der Waals surface area contributed by atoms with Gasteiger partial charge in [0.15, 0.2) is 0 Å². The topological polar surface area (TPSA) is 75.3 Å². The predicted molar refractivity (Wildman–Crippen MR) is 55.1 cm³/mol. The molecule has 0 aliphatic carbocycles. The average molecular weight is 196 g/mol. The van der Waals surface area contributed by atoms with Crippen LogP contribution in [0.1, 0.15) is 17.4 Å². The molecular formula is C9H16N4O. The van der Waals surface area contributed by atoms with Gasteiger partial charge in [0.2, 0.25) is 5.95 Å². The number of anilines is 1. The maximum atomic E-state index is 9.52. The molecule has 0 amide bonds. The first kappa shape index (κ1) is 10.9. The van der Waals surface area contributed by atoms with Crippen LogP contribution in [0.25, 0.3) is 0 Å². The Morgan fingerprint density at radius 2 is 2.21 bits per heavy atom. The van der Waals surface area contributed by atoms with Crippen molar-refractivity contribution in [1.82, 2.24) is 9.97 Å². The van der Waals surface area contributed by atoms with E-state index in [1.807, 2.05) is 25.9 Å². The average Bonchev–Trinajstić information content (AvgIpc) is 2.16. The molecule has 0 aliphatic rings. The lowest BCUT2D eigenvalue weighted by Gasteiger charge is -2.14. The molecule has 5 nitrogen and oxygen atoms in total. The molecule has 0 saturated carbocycles. The minimum atomic E-state index is -0.675. The van der Waals surface area contributed by atoms with Crippen molar-refractivity contribution in [3.8, 4) is 0 Å². The summed E-state index contributed by atoms with van der Waals surface area (Å²) < 4.78 is 0. The van der Waals surface area contributed by atoms with E-state index in [4.69, 9.17) is 5.73 Å². The van der Waals surface area contributed by atoms with Gasteiger partial charge >= 0.3 is 0 Å². The molecule has 1 atom stereocenters. The first-order valence-corrected chi connectivity index (χ1v) is 4.45. The Kier molecular flexibility index (Phi) is 3.38. The molecule has 1 rings (SSSR count). The van der Waals surface area contributed by atoms with Crippen LogP contribution < -0.4 is 10.6 Å². The molecule has 0 radical (unpaired) electrons. The number of hydrogen-bond donors (Lipinski definition) is 2. The number of hydrogen-bond acceptors (Lipinski definition) is 5. The van der Waals surface area contributed by atoms with Crippen molar-refractivity contribution >= 4 is 5.95 Å². The van der Waals surface area contributed by atoms with Crippen LogP contribution >= 0.6 is 0 Å². The minimum absolute atomic E-state index is 0.186. The van der Waals surface area contributed by atoms with E-state index in [-0.39, 0.29) is 6.54 Å². The van der Waals surface area contributed by atoms with Gasteiger partial charge < -0.3 is 15.7 Å². The van der Waals surface area contributed by atoms with Gasteiger partial charge in [0.05, 0.1) is 6.10 Å². The van der Waals surface area contributed by atoms with E-state index in [0.717, 1.165) is 5.69 Å². The molecular weight excluding hydrogens is 180 g/mol. The molecule has 78 valence electrons. The van der Waals surface area contributed by atoms with Crippen LogP contribution in [0.4, 0.5) is 5.95 Å². The molecule has 0 spiro atoms. The van der Waals surface area contributed by atoms with Gasteiger partial charge in [-0.3, -0.25) is 0 Å². The lowest BCUT2D eigenvalue weighted by molar-refractivity contribution is 0.185. The molecule has 1 aromatic rings. The molecule has 0 saturated heterocycles. The Hall–Kier alpha value is -1.20. The van der Waals surface area contributed by atoms with Crippen LogP contribution in [0.15, 0.2) is 6.20 Å². The van der Waals surface area contributed by atoms with Gasteiger partial charge in [0.1, 0.15) is 0 Å². The van der Waals surface area contributed by atoms with Crippen molar-refractivity contribution in [2.45, 2.75) is 13.0 Å².